The summed E-state index contributed by atoms with van der Waals surface area (Å²) in [5.41, 5.74) is 0. The van der Waals surface area contributed by atoms with Crippen molar-refractivity contribution in [2.24, 2.45) is 11.8 Å². The lowest BCUT2D eigenvalue weighted by atomic mass is 9.82. The molecule has 1 aliphatic carbocycles. The standard InChI is InChI=1S/C15H27N3O/c1-12-2-4-13(5-3-12)15(19)18-8-6-17(7-9-18)14-10-16-11-14/h12-14,16H,2-11H2,1H3. The van der Waals surface area contributed by atoms with E-state index in [0.29, 0.717) is 11.8 Å². The minimum atomic E-state index is 0.327. The predicted octanol–water partition coefficient (Wildman–Crippen LogP) is 0.929. The lowest BCUT2D eigenvalue weighted by molar-refractivity contribution is -0.139. The van der Waals surface area contributed by atoms with Crippen LogP contribution in [0.5, 0.6) is 0 Å². The molecule has 4 heteroatoms. The topological polar surface area (TPSA) is 35.6 Å². The molecule has 1 amide bonds. The van der Waals surface area contributed by atoms with Crippen molar-refractivity contribution >= 4 is 5.91 Å². The number of nitrogens with one attached hydrogen (secondary N) is 1. The molecule has 19 heavy (non-hydrogen) atoms. The summed E-state index contributed by atoms with van der Waals surface area (Å²) in [6.07, 6.45) is 4.72. The first-order chi connectivity index (χ1) is 9.24. The number of hydrogen-bond acceptors (Lipinski definition) is 3. The Balaban J connectivity index is 1.46. The van der Waals surface area contributed by atoms with Gasteiger partial charge >= 0.3 is 0 Å². The van der Waals surface area contributed by atoms with Crippen molar-refractivity contribution in [3.05, 3.63) is 0 Å². The number of piperazine rings is 1. The van der Waals surface area contributed by atoms with Gasteiger partial charge in [-0.05, 0) is 31.6 Å². The summed E-state index contributed by atoms with van der Waals surface area (Å²) in [5.74, 6) is 1.60. The van der Waals surface area contributed by atoms with Crippen LogP contribution >= 0.6 is 0 Å². The van der Waals surface area contributed by atoms with Crippen LogP contribution in [0.15, 0.2) is 0 Å². The third-order valence-corrected chi connectivity index (χ3v) is 5.27. The maximum atomic E-state index is 12.5. The highest BCUT2D eigenvalue weighted by molar-refractivity contribution is 5.79. The molecule has 0 unspecified atom stereocenters. The second kappa shape index (κ2) is 5.80. The first-order valence-electron chi connectivity index (χ1n) is 7.97. The van der Waals surface area contributed by atoms with E-state index in [1.807, 2.05) is 0 Å². The Kier molecular flexibility index (Phi) is 4.08. The van der Waals surface area contributed by atoms with Gasteiger partial charge in [-0.1, -0.05) is 6.92 Å². The highest BCUT2D eigenvalue weighted by Crippen LogP contribution is 2.29. The quantitative estimate of drug-likeness (QED) is 0.807. The van der Waals surface area contributed by atoms with Gasteiger partial charge in [0, 0.05) is 51.2 Å². The van der Waals surface area contributed by atoms with Gasteiger partial charge in [0.25, 0.3) is 0 Å². The molecule has 0 radical (unpaired) electrons. The largest absolute Gasteiger partial charge is 0.340 e. The zero-order valence-corrected chi connectivity index (χ0v) is 12.1. The third kappa shape index (κ3) is 2.95. The summed E-state index contributed by atoms with van der Waals surface area (Å²) >= 11 is 0. The molecule has 1 N–H and O–H groups in total. The van der Waals surface area contributed by atoms with Gasteiger partial charge in [-0.3, -0.25) is 9.69 Å². The van der Waals surface area contributed by atoms with Crippen LogP contribution in [0, 0.1) is 11.8 Å². The summed E-state index contributed by atoms with van der Waals surface area (Å²) < 4.78 is 0. The van der Waals surface area contributed by atoms with E-state index in [0.717, 1.165) is 64.1 Å². The fraction of sp³-hybridized carbons (Fsp3) is 0.933. The smallest absolute Gasteiger partial charge is 0.225 e. The van der Waals surface area contributed by atoms with Crippen molar-refractivity contribution in [2.45, 2.75) is 38.6 Å². The molecule has 0 aromatic carbocycles. The van der Waals surface area contributed by atoms with Crippen molar-refractivity contribution < 1.29 is 4.79 Å². The van der Waals surface area contributed by atoms with Crippen LogP contribution < -0.4 is 5.32 Å². The lowest BCUT2D eigenvalue weighted by Gasteiger charge is -2.44. The maximum absolute atomic E-state index is 12.5. The van der Waals surface area contributed by atoms with Crippen LogP contribution in [0.25, 0.3) is 0 Å². The summed E-state index contributed by atoms with van der Waals surface area (Å²) in [5, 5.41) is 3.33. The summed E-state index contributed by atoms with van der Waals surface area (Å²) in [6.45, 7) is 8.61. The number of carbonyl (C=O) groups excluding carboxylic acids is 1. The summed E-state index contributed by atoms with van der Waals surface area (Å²) in [4.78, 5) is 17.2. The van der Waals surface area contributed by atoms with Crippen molar-refractivity contribution in [1.29, 1.82) is 0 Å². The Labute approximate surface area is 116 Å². The first kappa shape index (κ1) is 13.4. The van der Waals surface area contributed by atoms with Gasteiger partial charge in [0.1, 0.15) is 0 Å². The van der Waals surface area contributed by atoms with E-state index >= 15 is 0 Å². The van der Waals surface area contributed by atoms with Gasteiger partial charge in [0.05, 0.1) is 0 Å². The molecular formula is C15H27N3O. The molecule has 0 bridgehead atoms. The fourth-order valence-corrected chi connectivity index (χ4v) is 3.60. The molecular weight excluding hydrogens is 238 g/mol. The number of carbonyl (C=O) groups is 1. The minimum absolute atomic E-state index is 0.327. The predicted molar refractivity (Wildman–Crippen MR) is 75.9 cm³/mol. The molecule has 2 heterocycles. The molecule has 3 aliphatic rings. The normalized spacial score (nSPS) is 34.1. The highest BCUT2D eigenvalue weighted by atomic mass is 16.2. The molecule has 1 saturated carbocycles. The Morgan fingerprint density at radius 1 is 1.00 bits per heavy atom. The highest BCUT2D eigenvalue weighted by Gasteiger charge is 2.32. The Hall–Kier alpha value is -0.610. The van der Waals surface area contributed by atoms with Gasteiger partial charge in [0.2, 0.25) is 5.91 Å². The van der Waals surface area contributed by atoms with Crippen LogP contribution in [0.2, 0.25) is 0 Å². The van der Waals surface area contributed by atoms with Gasteiger partial charge in [-0.15, -0.1) is 0 Å². The molecule has 2 aliphatic heterocycles. The average Bonchev–Trinajstić information content (AvgIpc) is 2.38. The molecule has 3 rings (SSSR count). The average molecular weight is 265 g/mol. The molecule has 108 valence electrons. The Bertz CT molecular complexity index is 313. The van der Waals surface area contributed by atoms with E-state index in [2.05, 4.69) is 22.0 Å². The van der Waals surface area contributed by atoms with Crippen LogP contribution in [-0.4, -0.2) is 61.0 Å². The first-order valence-corrected chi connectivity index (χ1v) is 7.97. The Morgan fingerprint density at radius 3 is 2.16 bits per heavy atom. The van der Waals surface area contributed by atoms with E-state index < -0.39 is 0 Å². The van der Waals surface area contributed by atoms with Crippen molar-refractivity contribution in [3.8, 4) is 0 Å². The summed E-state index contributed by atoms with van der Waals surface area (Å²) in [7, 11) is 0. The molecule has 0 spiro atoms. The number of nitrogens with zero attached hydrogens (tertiary/aromatic N) is 2. The Morgan fingerprint density at radius 2 is 1.63 bits per heavy atom. The molecule has 0 aromatic rings. The zero-order chi connectivity index (χ0) is 13.2. The van der Waals surface area contributed by atoms with Crippen molar-refractivity contribution in [2.75, 3.05) is 39.3 Å². The van der Waals surface area contributed by atoms with E-state index in [1.165, 1.54) is 12.8 Å². The second-order valence-corrected chi connectivity index (χ2v) is 6.63. The van der Waals surface area contributed by atoms with Gasteiger partial charge in [0.15, 0.2) is 0 Å². The van der Waals surface area contributed by atoms with E-state index in [9.17, 15) is 4.79 Å². The van der Waals surface area contributed by atoms with Gasteiger partial charge in [-0.2, -0.15) is 0 Å². The molecule has 0 atom stereocenters. The molecule has 3 fully saturated rings. The maximum Gasteiger partial charge on any atom is 0.225 e. The molecule has 2 saturated heterocycles. The van der Waals surface area contributed by atoms with Crippen LogP contribution in [0.1, 0.15) is 32.6 Å². The lowest BCUT2D eigenvalue weighted by Crippen LogP contribution is -2.62. The second-order valence-electron chi connectivity index (χ2n) is 6.63. The van der Waals surface area contributed by atoms with Crippen LogP contribution in [-0.2, 0) is 4.79 Å². The molecule has 4 nitrogen and oxygen atoms in total. The zero-order valence-electron chi connectivity index (χ0n) is 12.1. The van der Waals surface area contributed by atoms with Gasteiger partial charge < -0.3 is 10.2 Å². The van der Waals surface area contributed by atoms with E-state index in [-0.39, 0.29) is 0 Å². The third-order valence-electron chi connectivity index (χ3n) is 5.27. The fourth-order valence-electron chi connectivity index (χ4n) is 3.60. The van der Waals surface area contributed by atoms with Crippen molar-refractivity contribution in [1.82, 2.24) is 15.1 Å². The van der Waals surface area contributed by atoms with Crippen LogP contribution in [0.4, 0.5) is 0 Å². The summed E-state index contributed by atoms with van der Waals surface area (Å²) in [6, 6.07) is 0.729. The minimum Gasteiger partial charge on any atom is -0.340 e. The number of amides is 1. The van der Waals surface area contributed by atoms with Crippen molar-refractivity contribution in [3.63, 3.8) is 0 Å². The number of hydrogen-bond donors (Lipinski definition) is 1. The SMILES string of the molecule is CC1CCC(C(=O)N2CCN(C3CNC3)CC2)CC1. The number of rotatable bonds is 2. The van der Waals surface area contributed by atoms with E-state index in [1.54, 1.807) is 0 Å². The van der Waals surface area contributed by atoms with Gasteiger partial charge in [-0.25, -0.2) is 0 Å². The molecule has 0 aromatic heterocycles. The van der Waals surface area contributed by atoms with E-state index in [4.69, 9.17) is 0 Å². The monoisotopic (exact) mass is 265 g/mol. The van der Waals surface area contributed by atoms with Crippen LogP contribution in [0.3, 0.4) is 0 Å².